The third-order valence-electron chi connectivity index (χ3n) is 3.90. The van der Waals surface area contributed by atoms with Gasteiger partial charge in [0.15, 0.2) is 0 Å². The second-order valence-electron chi connectivity index (χ2n) is 5.78. The Balaban J connectivity index is 1.97. The number of aromatic amines is 1. The predicted molar refractivity (Wildman–Crippen MR) is 103 cm³/mol. The van der Waals surface area contributed by atoms with Gasteiger partial charge in [0, 0.05) is 23.0 Å². The molecule has 1 heterocycles. The highest BCUT2D eigenvalue weighted by Crippen LogP contribution is 2.26. The summed E-state index contributed by atoms with van der Waals surface area (Å²) in [5.74, 6) is 0.639. The molecule has 1 aromatic heterocycles. The van der Waals surface area contributed by atoms with Gasteiger partial charge in [-0.25, -0.2) is 13.4 Å². The fourth-order valence-corrected chi connectivity index (χ4v) is 3.83. The Kier molecular flexibility index (Phi) is 5.27. The van der Waals surface area contributed by atoms with E-state index in [-0.39, 0.29) is 16.2 Å². The van der Waals surface area contributed by atoms with Crippen LogP contribution >= 0.6 is 0 Å². The van der Waals surface area contributed by atoms with Crippen LogP contribution in [0.4, 0.5) is 5.69 Å². The fourth-order valence-electron chi connectivity index (χ4n) is 2.61. The molecule has 3 aromatic rings. The van der Waals surface area contributed by atoms with Gasteiger partial charge in [-0.1, -0.05) is 31.2 Å². The molecule has 0 saturated heterocycles. The minimum absolute atomic E-state index is 0.0393. The molecule has 0 spiro atoms. The van der Waals surface area contributed by atoms with Gasteiger partial charge in [0.2, 0.25) is 0 Å². The second-order valence-corrected chi connectivity index (χ2v) is 7.43. The van der Waals surface area contributed by atoms with Gasteiger partial charge < -0.3 is 9.72 Å². The van der Waals surface area contributed by atoms with E-state index in [1.165, 1.54) is 19.2 Å². The summed E-state index contributed by atoms with van der Waals surface area (Å²) in [6.45, 7) is 1.91. The molecule has 0 aliphatic carbocycles. The zero-order chi connectivity index (χ0) is 19.4. The average molecular weight is 385 g/mol. The molecule has 8 heteroatoms. The highest BCUT2D eigenvalue weighted by molar-refractivity contribution is 7.92. The summed E-state index contributed by atoms with van der Waals surface area (Å²) in [5.41, 5.74) is 1.36. The van der Waals surface area contributed by atoms with Crippen molar-refractivity contribution in [3.8, 4) is 17.1 Å². The van der Waals surface area contributed by atoms with Gasteiger partial charge in [-0.05, 0) is 30.7 Å². The molecule has 7 nitrogen and oxygen atoms in total. The number of hydrogen-bond donors (Lipinski definition) is 2. The van der Waals surface area contributed by atoms with Gasteiger partial charge in [0.25, 0.3) is 15.6 Å². The summed E-state index contributed by atoms with van der Waals surface area (Å²) in [5, 5.41) is 0. The third kappa shape index (κ3) is 4.17. The van der Waals surface area contributed by atoms with Crippen molar-refractivity contribution < 1.29 is 13.2 Å². The monoisotopic (exact) mass is 385 g/mol. The zero-order valence-corrected chi connectivity index (χ0v) is 15.7. The lowest BCUT2D eigenvalue weighted by Gasteiger charge is -2.12. The minimum Gasteiger partial charge on any atom is -0.495 e. The summed E-state index contributed by atoms with van der Waals surface area (Å²) in [6, 6.07) is 14.5. The van der Waals surface area contributed by atoms with Crippen LogP contribution in [0.2, 0.25) is 0 Å². The van der Waals surface area contributed by atoms with E-state index < -0.39 is 10.0 Å². The van der Waals surface area contributed by atoms with Crippen LogP contribution in [0.1, 0.15) is 12.6 Å². The van der Waals surface area contributed by atoms with Crippen LogP contribution in [0.25, 0.3) is 11.4 Å². The maximum Gasteiger partial charge on any atom is 0.265 e. The van der Waals surface area contributed by atoms with E-state index in [4.69, 9.17) is 4.74 Å². The maximum atomic E-state index is 12.7. The molecular formula is C19H19N3O4S. The quantitative estimate of drug-likeness (QED) is 0.679. The number of nitrogens with zero attached hydrogens (tertiary/aromatic N) is 1. The van der Waals surface area contributed by atoms with E-state index in [9.17, 15) is 13.2 Å². The van der Waals surface area contributed by atoms with Gasteiger partial charge in [0.1, 0.15) is 16.5 Å². The molecule has 2 N–H and O–H groups in total. The van der Waals surface area contributed by atoms with Crippen molar-refractivity contribution in [1.82, 2.24) is 9.97 Å². The fraction of sp³-hybridized carbons (Fsp3) is 0.158. The minimum atomic E-state index is -3.84. The predicted octanol–water partition coefficient (Wildman–Crippen LogP) is 2.81. The molecule has 27 heavy (non-hydrogen) atoms. The number of para-hydroxylation sites is 1. The molecular weight excluding hydrogens is 366 g/mol. The number of anilines is 1. The molecule has 0 fully saturated rings. The van der Waals surface area contributed by atoms with Gasteiger partial charge in [0.05, 0.1) is 7.11 Å². The SMILES string of the molecule is CCc1cc(=O)[nH]c(-c2cccc(NS(=O)(=O)c3ccccc3OC)c2)n1. The summed E-state index contributed by atoms with van der Waals surface area (Å²) < 4.78 is 33.1. The van der Waals surface area contributed by atoms with Crippen molar-refractivity contribution in [2.75, 3.05) is 11.8 Å². The molecule has 0 amide bonds. The summed E-state index contributed by atoms with van der Waals surface area (Å²) in [4.78, 5) is 18.9. The Morgan fingerprint density at radius 1 is 1.11 bits per heavy atom. The van der Waals surface area contributed by atoms with Gasteiger partial charge in [-0.3, -0.25) is 9.52 Å². The van der Waals surface area contributed by atoms with Gasteiger partial charge in [-0.15, -0.1) is 0 Å². The molecule has 0 radical (unpaired) electrons. The Morgan fingerprint density at radius 2 is 1.89 bits per heavy atom. The number of H-pyrrole nitrogens is 1. The molecule has 0 atom stereocenters. The number of benzene rings is 2. The molecule has 0 aliphatic heterocycles. The van der Waals surface area contributed by atoms with E-state index in [0.29, 0.717) is 29.2 Å². The van der Waals surface area contributed by atoms with Gasteiger partial charge >= 0.3 is 0 Å². The zero-order valence-electron chi connectivity index (χ0n) is 14.9. The van der Waals surface area contributed by atoms with Crippen molar-refractivity contribution >= 4 is 15.7 Å². The molecule has 0 aliphatic rings. The van der Waals surface area contributed by atoms with Crippen LogP contribution in [-0.2, 0) is 16.4 Å². The van der Waals surface area contributed by atoms with Crippen molar-refractivity contribution in [3.63, 3.8) is 0 Å². The Hall–Kier alpha value is -3.13. The third-order valence-corrected chi connectivity index (χ3v) is 5.32. The standard InChI is InChI=1S/C19H19N3O4S/c1-3-14-12-18(23)21-19(20-14)13-7-6-8-15(11-13)22-27(24,25)17-10-5-4-9-16(17)26-2/h4-12,22H,3H2,1-2H3,(H,20,21,23). The summed E-state index contributed by atoms with van der Waals surface area (Å²) >= 11 is 0. The number of hydrogen-bond acceptors (Lipinski definition) is 5. The van der Waals surface area contributed by atoms with Crippen LogP contribution in [0.3, 0.4) is 0 Å². The van der Waals surface area contributed by atoms with Crippen LogP contribution < -0.4 is 15.0 Å². The Bertz CT molecular complexity index is 1120. The molecule has 3 rings (SSSR count). The second kappa shape index (κ2) is 7.63. The normalized spacial score (nSPS) is 11.2. The maximum absolute atomic E-state index is 12.7. The number of nitrogens with one attached hydrogen (secondary N) is 2. The van der Waals surface area contributed by atoms with E-state index in [1.807, 2.05) is 6.92 Å². The topological polar surface area (TPSA) is 101 Å². The average Bonchev–Trinajstić information content (AvgIpc) is 2.67. The lowest BCUT2D eigenvalue weighted by Crippen LogP contribution is -2.14. The van der Waals surface area contributed by atoms with E-state index >= 15 is 0 Å². The van der Waals surface area contributed by atoms with Crippen LogP contribution in [-0.4, -0.2) is 25.5 Å². The van der Waals surface area contributed by atoms with Crippen LogP contribution in [0.15, 0.2) is 64.3 Å². The first-order valence-electron chi connectivity index (χ1n) is 8.29. The summed E-state index contributed by atoms with van der Waals surface area (Å²) in [7, 11) is -2.43. The number of sulfonamides is 1. The lowest BCUT2D eigenvalue weighted by molar-refractivity contribution is 0.403. The van der Waals surface area contributed by atoms with E-state index in [1.54, 1.807) is 42.5 Å². The van der Waals surface area contributed by atoms with E-state index in [0.717, 1.165) is 0 Å². The van der Waals surface area contributed by atoms with Crippen LogP contribution in [0.5, 0.6) is 5.75 Å². The first kappa shape index (κ1) is 18.7. The molecule has 140 valence electrons. The van der Waals surface area contributed by atoms with Crippen LogP contribution in [0, 0.1) is 0 Å². The largest absolute Gasteiger partial charge is 0.495 e. The van der Waals surface area contributed by atoms with Crippen molar-refractivity contribution in [3.05, 3.63) is 70.6 Å². The lowest BCUT2D eigenvalue weighted by atomic mass is 10.2. The first-order chi connectivity index (χ1) is 12.9. The first-order valence-corrected chi connectivity index (χ1v) is 9.78. The highest BCUT2D eigenvalue weighted by atomic mass is 32.2. The molecule has 0 saturated carbocycles. The number of aryl methyl sites for hydroxylation is 1. The van der Waals surface area contributed by atoms with E-state index in [2.05, 4.69) is 14.7 Å². The smallest absolute Gasteiger partial charge is 0.265 e. The Morgan fingerprint density at radius 3 is 2.63 bits per heavy atom. The van der Waals surface area contributed by atoms with Crippen molar-refractivity contribution in [2.24, 2.45) is 0 Å². The van der Waals surface area contributed by atoms with Crippen molar-refractivity contribution in [2.45, 2.75) is 18.2 Å². The number of rotatable bonds is 6. The van der Waals surface area contributed by atoms with Crippen molar-refractivity contribution in [1.29, 1.82) is 0 Å². The number of aromatic nitrogens is 2. The number of ether oxygens (including phenoxy) is 1. The molecule has 2 aromatic carbocycles. The number of methoxy groups -OCH3 is 1. The summed E-state index contributed by atoms with van der Waals surface area (Å²) in [6.07, 6.45) is 0.622. The highest BCUT2D eigenvalue weighted by Gasteiger charge is 2.19. The molecule has 0 bridgehead atoms. The molecule has 0 unspecified atom stereocenters. The Labute approximate surface area is 157 Å². The van der Waals surface area contributed by atoms with Gasteiger partial charge in [-0.2, -0.15) is 0 Å².